The maximum absolute atomic E-state index is 4.35. The van der Waals surface area contributed by atoms with E-state index in [4.69, 9.17) is 0 Å². The van der Waals surface area contributed by atoms with Gasteiger partial charge in [-0.15, -0.1) is 0 Å². The number of aromatic nitrogens is 1. The molecule has 1 fully saturated rings. The van der Waals surface area contributed by atoms with Crippen molar-refractivity contribution in [3.63, 3.8) is 0 Å². The molecule has 134 valence electrons. The van der Waals surface area contributed by atoms with Crippen LogP contribution in [-0.4, -0.2) is 34.7 Å². The highest BCUT2D eigenvalue weighted by molar-refractivity contribution is 7.96. The SMILES string of the molecule is CSN1CCC(Nc2cc(-c3ccc(C)cc3)cc3ccncc23)CC1. The minimum Gasteiger partial charge on any atom is -0.382 e. The van der Waals surface area contributed by atoms with E-state index in [0.717, 1.165) is 13.1 Å². The number of pyridine rings is 1. The predicted octanol–water partition coefficient (Wildman–Crippen LogP) is 5.36. The van der Waals surface area contributed by atoms with E-state index in [1.54, 1.807) is 0 Å². The van der Waals surface area contributed by atoms with Crippen molar-refractivity contribution >= 4 is 28.4 Å². The molecular formula is C22H25N3S. The number of rotatable bonds is 4. The van der Waals surface area contributed by atoms with Gasteiger partial charge >= 0.3 is 0 Å². The Kier molecular flexibility index (Phi) is 5.14. The summed E-state index contributed by atoms with van der Waals surface area (Å²) < 4.78 is 2.45. The van der Waals surface area contributed by atoms with E-state index in [1.165, 1.54) is 46.0 Å². The number of aryl methyl sites for hydroxylation is 1. The van der Waals surface area contributed by atoms with Crippen LogP contribution >= 0.6 is 11.9 Å². The maximum Gasteiger partial charge on any atom is 0.0443 e. The van der Waals surface area contributed by atoms with Gasteiger partial charge in [-0.05, 0) is 60.7 Å². The van der Waals surface area contributed by atoms with Gasteiger partial charge in [-0.1, -0.05) is 41.8 Å². The minimum absolute atomic E-state index is 0.523. The van der Waals surface area contributed by atoms with Gasteiger partial charge < -0.3 is 5.32 Å². The number of fused-ring (bicyclic) bond motifs is 1. The van der Waals surface area contributed by atoms with E-state index in [9.17, 15) is 0 Å². The van der Waals surface area contributed by atoms with Crippen LogP contribution in [0, 0.1) is 6.92 Å². The van der Waals surface area contributed by atoms with Crippen molar-refractivity contribution < 1.29 is 0 Å². The van der Waals surface area contributed by atoms with Crippen LogP contribution in [0.25, 0.3) is 21.9 Å². The fourth-order valence-corrected chi connectivity index (χ4v) is 4.21. The molecule has 0 spiro atoms. The number of hydrogen-bond acceptors (Lipinski definition) is 4. The average molecular weight is 364 g/mol. The Labute approximate surface area is 160 Å². The fraction of sp³-hybridized carbons (Fsp3) is 0.318. The van der Waals surface area contributed by atoms with Gasteiger partial charge in [0.2, 0.25) is 0 Å². The number of piperidine rings is 1. The lowest BCUT2D eigenvalue weighted by atomic mass is 9.98. The first-order valence-corrected chi connectivity index (χ1v) is 10.4. The highest BCUT2D eigenvalue weighted by atomic mass is 32.2. The Morgan fingerprint density at radius 2 is 1.81 bits per heavy atom. The van der Waals surface area contributed by atoms with Crippen LogP contribution < -0.4 is 5.32 Å². The van der Waals surface area contributed by atoms with Crippen LogP contribution in [-0.2, 0) is 0 Å². The molecule has 2 aromatic carbocycles. The molecule has 0 radical (unpaired) electrons. The molecule has 1 aromatic heterocycles. The molecule has 26 heavy (non-hydrogen) atoms. The Balaban J connectivity index is 1.67. The smallest absolute Gasteiger partial charge is 0.0443 e. The average Bonchev–Trinajstić information content (AvgIpc) is 2.69. The summed E-state index contributed by atoms with van der Waals surface area (Å²) in [5, 5.41) is 6.26. The zero-order valence-electron chi connectivity index (χ0n) is 15.4. The molecule has 3 aromatic rings. The molecule has 1 N–H and O–H groups in total. The summed E-state index contributed by atoms with van der Waals surface area (Å²) >= 11 is 1.85. The second-order valence-electron chi connectivity index (χ2n) is 7.02. The van der Waals surface area contributed by atoms with Crippen LogP contribution in [0.15, 0.2) is 54.9 Å². The summed E-state index contributed by atoms with van der Waals surface area (Å²) in [7, 11) is 0. The molecule has 0 unspecified atom stereocenters. The lowest BCUT2D eigenvalue weighted by molar-refractivity contribution is 0.359. The molecule has 0 amide bonds. The van der Waals surface area contributed by atoms with E-state index >= 15 is 0 Å². The monoisotopic (exact) mass is 363 g/mol. The fourth-order valence-electron chi connectivity index (χ4n) is 3.63. The summed E-state index contributed by atoms with van der Waals surface area (Å²) in [6.07, 6.45) is 8.38. The first-order valence-electron chi connectivity index (χ1n) is 9.23. The van der Waals surface area contributed by atoms with Gasteiger partial charge in [0.05, 0.1) is 0 Å². The summed E-state index contributed by atoms with van der Waals surface area (Å²) in [6, 6.07) is 16.0. The number of anilines is 1. The lowest BCUT2D eigenvalue weighted by Gasteiger charge is -2.31. The Morgan fingerprint density at radius 1 is 1.04 bits per heavy atom. The van der Waals surface area contributed by atoms with Crippen LogP contribution in [0.1, 0.15) is 18.4 Å². The van der Waals surface area contributed by atoms with Crippen LogP contribution in [0.5, 0.6) is 0 Å². The van der Waals surface area contributed by atoms with E-state index in [0.29, 0.717) is 6.04 Å². The van der Waals surface area contributed by atoms with E-state index in [1.807, 2.05) is 24.3 Å². The first kappa shape index (κ1) is 17.4. The zero-order chi connectivity index (χ0) is 17.9. The molecule has 2 heterocycles. The van der Waals surface area contributed by atoms with E-state index in [-0.39, 0.29) is 0 Å². The summed E-state index contributed by atoms with van der Waals surface area (Å²) in [4.78, 5) is 4.35. The summed E-state index contributed by atoms with van der Waals surface area (Å²) in [5.74, 6) is 0. The van der Waals surface area contributed by atoms with Gasteiger partial charge in [-0.3, -0.25) is 9.29 Å². The molecule has 1 aliphatic rings. The number of hydrogen-bond donors (Lipinski definition) is 1. The van der Waals surface area contributed by atoms with Crippen LogP contribution in [0.4, 0.5) is 5.69 Å². The first-order chi connectivity index (χ1) is 12.7. The Morgan fingerprint density at radius 3 is 2.54 bits per heavy atom. The van der Waals surface area contributed by atoms with E-state index in [2.05, 4.69) is 70.3 Å². The molecule has 0 bridgehead atoms. The summed E-state index contributed by atoms with van der Waals surface area (Å²) in [5.41, 5.74) is 5.01. The quantitative estimate of drug-likeness (QED) is 0.631. The third-order valence-electron chi connectivity index (χ3n) is 5.21. The highest BCUT2D eigenvalue weighted by Crippen LogP contribution is 2.32. The van der Waals surface area contributed by atoms with Gasteiger partial charge in [0.15, 0.2) is 0 Å². The van der Waals surface area contributed by atoms with Crippen LogP contribution in [0.3, 0.4) is 0 Å². The molecule has 3 nitrogen and oxygen atoms in total. The largest absolute Gasteiger partial charge is 0.382 e. The number of nitrogens with zero attached hydrogens (tertiary/aromatic N) is 2. The van der Waals surface area contributed by atoms with Crippen molar-refractivity contribution in [2.24, 2.45) is 0 Å². The normalized spacial score (nSPS) is 16.1. The van der Waals surface area contributed by atoms with Gasteiger partial charge in [0, 0.05) is 42.6 Å². The Bertz CT molecular complexity index is 884. The molecule has 0 aliphatic carbocycles. The van der Waals surface area contributed by atoms with Crippen molar-refractivity contribution in [1.82, 2.24) is 9.29 Å². The molecule has 0 saturated carbocycles. The third-order valence-corrected chi connectivity index (χ3v) is 6.09. The van der Waals surface area contributed by atoms with Crippen molar-refractivity contribution in [2.75, 3.05) is 24.7 Å². The molecule has 1 aliphatic heterocycles. The van der Waals surface area contributed by atoms with Gasteiger partial charge in [-0.2, -0.15) is 0 Å². The second-order valence-corrected chi connectivity index (χ2v) is 7.90. The van der Waals surface area contributed by atoms with Crippen molar-refractivity contribution in [1.29, 1.82) is 0 Å². The Hall–Kier alpha value is -2.04. The maximum atomic E-state index is 4.35. The van der Waals surface area contributed by atoms with Crippen molar-refractivity contribution in [3.05, 3.63) is 60.4 Å². The lowest BCUT2D eigenvalue weighted by Crippen LogP contribution is -2.35. The van der Waals surface area contributed by atoms with Gasteiger partial charge in [0.1, 0.15) is 0 Å². The summed E-state index contributed by atoms with van der Waals surface area (Å²) in [6.45, 7) is 4.42. The zero-order valence-corrected chi connectivity index (χ0v) is 16.2. The van der Waals surface area contributed by atoms with Crippen molar-refractivity contribution in [3.8, 4) is 11.1 Å². The predicted molar refractivity (Wildman–Crippen MR) is 114 cm³/mol. The van der Waals surface area contributed by atoms with Gasteiger partial charge in [0.25, 0.3) is 0 Å². The van der Waals surface area contributed by atoms with E-state index < -0.39 is 0 Å². The molecule has 1 saturated heterocycles. The molecule has 4 rings (SSSR count). The highest BCUT2D eigenvalue weighted by Gasteiger charge is 2.19. The topological polar surface area (TPSA) is 28.2 Å². The van der Waals surface area contributed by atoms with Crippen molar-refractivity contribution in [2.45, 2.75) is 25.8 Å². The minimum atomic E-state index is 0.523. The molecule has 4 heteroatoms. The van der Waals surface area contributed by atoms with Gasteiger partial charge in [-0.25, -0.2) is 0 Å². The second kappa shape index (κ2) is 7.68. The third kappa shape index (κ3) is 3.71. The number of nitrogens with one attached hydrogen (secondary N) is 1. The number of benzene rings is 2. The molecular weight excluding hydrogens is 338 g/mol. The molecule has 0 atom stereocenters. The van der Waals surface area contributed by atoms with Crippen LogP contribution in [0.2, 0.25) is 0 Å². The standard InChI is InChI=1S/C22H25N3S/c1-16-3-5-17(6-4-16)19-13-18-7-10-23-15-21(18)22(14-19)24-20-8-11-25(26-2)12-9-20/h3-7,10,13-15,20,24H,8-9,11-12H2,1-2H3.